The summed E-state index contributed by atoms with van der Waals surface area (Å²) in [5.74, 6) is -0.948. The standard InChI is InChI=1S/C23H34N4O5/c1-22(2,3)27-14-16(11-19(27)29)20(30)24-12-15-8-7-9-17(10-15)26-18(28)13-25-21(31)32-23(4,5)6/h7-10,16H,11-14H2,1-6H3,(H,24,30)(H,25,31)(H,26,28). The van der Waals surface area contributed by atoms with E-state index in [1.165, 1.54) is 0 Å². The quantitative estimate of drug-likeness (QED) is 0.620. The average Bonchev–Trinajstić information content (AvgIpc) is 3.06. The summed E-state index contributed by atoms with van der Waals surface area (Å²) in [6.45, 7) is 11.5. The topological polar surface area (TPSA) is 117 Å². The third-order valence-electron chi connectivity index (χ3n) is 4.78. The fourth-order valence-electron chi connectivity index (χ4n) is 3.30. The Morgan fingerprint density at radius 1 is 1.09 bits per heavy atom. The van der Waals surface area contributed by atoms with E-state index in [4.69, 9.17) is 4.74 Å². The van der Waals surface area contributed by atoms with Gasteiger partial charge in [0.2, 0.25) is 17.7 Å². The van der Waals surface area contributed by atoms with Crippen molar-refractivity contribution in [3.8, 4) is 0 Å². The van der Waals surface area contributed by atoms with Gasteiger partial charge in [0, 0.05) is 30.7 Å². The van der Waals surface area contributed by atoms with Crippen molar-refractivity contribution < 1.29 is 23.9 Å². The molecule has 0 bridgehead atoms. The molecule has 0 saturated carbocycles. The number of benzene rings is 1. The number of nitrogens with zero attached hydrogens (tertiary/aromatic N) is 1. The first-order valence-corrected chi connectivity index (χ1v) is 10.7. The van der Waals surface area contributed by atoms with E-state index in [9.17, 15) is 19.2 Å². The van der Waals surface area contributed by atoms with E-state index >= 15 is 0 Å². The predicted octanol–water partition coefficient (Wildman–Crippen LogP) is 2.41. The minimum absolute atomic E-state index is 0.0117. The fraction of sp³-hybridized carbons (Fsp3) is 0.565. The van der Waals surface area contributed by atoms with Crippen molar-refractivity contribution in [3.05, 3.63) is 29.8 Å². The van der Waals surface area contributed by atoms with Crippen LogP contribution in [0.15, 0.2) is 24.3 Å². The highest BCUT2D eigenvalue weighted by Gasteiger charge is 2.39. The zero-order valence-electron chi connectivity index (χ0n) is 19.7. The molecule has 1 aromatic rings. The Morgan fingerprint density at radius 3 is 2.38 bits per heavy atom. The first-order chi connectivity index (χ1) is 14.7. The number of hydrogen-bond acceptors (Lipinski definition) is 5. The lowest BCUT2D eigenvalue weighted by atomic mass is 10.1. The minimum Gasteiger partial charge on any atom is -0.444 e. The van der Waals surface area contributed by atoms with E-state index in [2.05, 4.69) is 16.0 Å². The molecule has 1 aliphatic rings. The number of amides is 4. The van der Waals surface area contributed by atoms with Crippen LogP contribution in [-0.4, -0.2) is 52.9 Å². The number of alkyl carbamates (subject to hydrolysis) is 1. The van der Waals surface area contributed by atoms with E-state index in [0.717, 1.165) is 5.56 Å². The number of carbonyl (C=O) groups excluding carboxylic acids is 4. The predicted molar refractivity (Wildman–Crippen MR) is 121 cm³/mol. The van der Waals surface area contributed by atoms with Gasteiger partial charge >= 0.3 is 6.09 Å². The molecule has 3 N–H and O–H groups in total. The van der Waals surface area contributed by atoms with E-state index in [0.29, 0.717) is 12.2 Å². The van der Waals surface area contributed by atoms with Gasteiger partial charge in [-0.05, 0) is 59.2 Å². The number of nitrogens with one attached hydrogen (secondary N) is 3. The van der Waals surface area contributed by atoms with Gasteiger partial charge in [-0.15, -0.1) is 0 Å². The summed E-state index contributed by atoms with van der Waals surface area (Å²) >= 11 is 0. The number of anilines is 1. The number of rotatable bonds is 6. The van der Waals surface area contributed by atoms with Crippen molar-refractivity contribution in [2.75, 3.05) is 18.4 Å². The lowest BCUT2D eigenvalue weighted by molar-refractivity contribution is -0.132. The van der Waals surface area contributed by atoms with Crippen LogP contribution in [0.2, 0.25) is 0 Å². The van der Waals surface area contributed by atoms with Crippen LogP contribution >= 0.6 is 0 Å². The van der Waals surface area contributed by atoms with Gasteiger partial charge in [0.25, 0.3) is 0 Å². The molecular weight excluding hydrogens is 412 g/mol. The van der Waals surface area contributed by atoms with Gasteiger partial charge in [-0.1, -0.05) is 12.1 Å². The second kappa shape index (κ2) is 10.0. The minimum atomic E-state index is -0.667. The molecule has 32 heavy (non-hydrogen) atoms. The maximum Gasteiger partial charge on any atom is 0.408 e. The van der Waals surface area contributed by atoms with Crippen LogP contribution in [0.4, 0.5) is 10.5 Å². The molecule has 1 aliphatic heterocycles. The number of carbonyl (C=O) groups is 4. The Labute approximate surface area is 189 Å². The highest BCUT2D eigenvalue weighted by atomic mass is 16.6. The van der Waals surface area contributed by atoms with Gasteiger partial charge in [0.15, 0.2) is 0 Å². The van der Waals surface area contributed by atoms with E-state index in [-0.39, 0.29) is 42.8 Å². The third kappa shape index (κ3) is 7.86. The molecule has 1 aromatic carbocycles. The number of ether oxygens (including phenoxy) is 1. The maximum atomic E-state index is 12.5. The monoisotopic (exact) mass is 446 g/mol. The molecule has 176 valence electrons. The second-order valence-electron chi connectivity index (χ2n) is 9.90. The molecule has 0 spiro atoms. The molecule has 0 aromatic heterocycles. The van der Waals surface area contributed by atoms with Crippen LogP contribution in [0.1, 0.15) is 53.5 Å². The lowest BCUT2D eigenvalue weighted by Crippen LogP contribution is -2.43. The first-order valence-electron chi connectivity index (χ1n) is 10.7. The third-order valence-corrected chi connectivity index (χ3v) is 4.78. The van der Waals surface area contributed by atoms with Crippen molar-refractivity contribution in [3.63, 3.8) is 0 Å². The zero-order chi connectivity index (χ0) is 24.1. The molecule has 1 fully saturated rings. The molecule has 1 saturated heterocycles. The van der Waals surface area contributed by atoms with Crippen molar-refractivity contribution in [1.29, 1.82) is 0 Å². The highest BCUT2D eigenvalue weighted by Crippen LogP contribution is 2.26. The number of likely N-dealkylation sites (tertiary alicyclic amines) is 1. The highest BCUT2D eigenvalue weighted by molar-refractivity contribution is 5.94. The van der Waals surface area contributed by atoms with E-state index in [1.54, 1.807) is 43.9 Å². The maximum absolute atomic E-state index is 12.5. The van der Waals surface area contributed by atoms with E-state index < -0.39 is 17.6 Å². The normalized spacial score (nSPS) is 16.5. The summed E-state index contributed by atoms with van der Waals surface area (Å²) in [4.78, 5) is 50.2. The van der Waals surface area contributed by atoms with Crippen LogP contribution in [-0.2, 0) is 25.7 Å². The Balaban J connectivity index is 1.83. The van der Waals surface area contributed by atoms with Gasteiger partial charge in [-0.2, -0.15) is 0 Å². The summed E-state index contributed by atoms with van der Waals surface area (Å²) in [6, 6.07) is 7.05. The molecule has 1 heterocycles. The van der Waals surface area contributed by atoms with Gasteiger partial charge in [-0.25, -0.2) is 4.79 Å². The summed E-state index contributed by atoms with van der Waals surface area (Å²) in [5.41, 5.74) is 0.392. The van der Waals surface area contributed by atoms with Gasteiger partial charge in [0.1, 0.15) is 12.1 Å². The molecule has 9 nitrogen and oxygen atoms in total. The smallest absolute Gasteiger partial charge is 0.408 e. The Morgan fingerprint density at radius 2 is 1.78 bits per heavy atom. The van der Waals surface area contributed by atoms with Crippen LogP contribution < -0.4 is 16.0 Å². The first kappa shape index (κ1) is 25.2. The molecule has 1 unspecified atom stereocenters. The average molecular weight is 447 g/mol. The van der Waals surface area contributed by atoms with Crippen LogP contribution in [0.5, 0.6) is 0 Å². The second-order valence-corrected chi connectivity index (χ2v) is 9.90. The molecule has 0 aliphatic carbocycles. The number of hydrogen-bond donors (Lipinski definition) is 3. The van der Waals surface area contributed by atoms with Crippen LogP contribution in [0, 0.1) is 5.92 Å². The summed E-state index contributed by atoms with van der Waals surface area (Å²) < 4.78 is 5.09. The Bertz CT molecular complexity index is 870. The van der Waals surface area contributed by atoms with Gasteiger partial charge < -0.3 is 25.6 Å². The summed E-state index contributed by atoms with van der Waals surface area (Å²) in [5, 5.41) is 7.97. The Kier molecular flexibility index (Phi) is 7.87. The Hall–Kier alpha value is -3.10. The molecule has 4 amide bonds. The SMILES string of the molecule is CC(C)(C)OC(=O)NCC(=O)Nc1cccc(CNC(=O)C2CC(=O)N(C(C)(C)C)C2)c1. The summed E-state index contributed by atoms with van der Waals surface area (Å²) in [7, 11) is 0. The molecule has 1 atom stereocenters. The van der Waals surface area contributed by atoms with Crippen LogP contribution in [0.3, 0.4) is 0 Å². The summed E-state index contributed by atoms with van der Waals surface area (Å²) in [6.07, 6.45) is -0.455. The van der Waals surface area contributed by atoms with Crippen molar-refractivity contribution in [2.45, 2.75) is 65.6 Å². The molecule has 0 radical (unpaired) electrons. The van der Waals surface area contributed by atoms with Gasteiger partial charge in [0.05, 0.1) is 5.92 Å². The zero-order valence-corrected chi connectivity index (χ0v) is 19.7. The van der Waals surface area contributed by atoms with Crippen molar-refractivity contribution in [2.24, 2.45) is 5.92 Å². The fourth-order valence-corrected chi connectivity index (χ4v) is 3.30. The van der Waals surface area contributed by atoms with Crippen molar-refractivity contribution in [1.82, 2.24) is 15.5 Å². The van der Waals surface area contributed by atoms with E-state index in [1.807, 2.05) is 26.8 Å². The largest absolute Gasteiger partial charge is 0.444 e. The molecule has 2 rings (SSSR count). The van der Waals surface area contributed by atoms with Crippen molar-refractivity contribution >= 4 is 29.5 Å². The van der Waals surface area contributed by atoms with Crippen LogP contribution in [0.25, 0.3) is 0 Å². The molecular formula is C23H34N4O5. The molecule has 9 heteroatoms. The van der Waals surface area contributed by atoms with Gasteiger partial charge in [-0.3, -0.25) is 14.4 Å². The lowest BCUT2D eigenvalue weighted by Gasteiger charge is -2.31.